The summed E-state index contributed by atoms with van der Waals surface area (Å²) in [5.41, 5.74) is 1.44. The van der Waals surface area contributed by atoms with E-state index in [0.717, 1.165) is 11.0 Å². The molecule has 0 radical (unpaired) electrons. The topological polar surface area (TPSA) is 69.7 Å². The normalized spacial score (nSPS) is 11.6. The third-order valence-corrected chi connectivity index (χ3v) is 1.43. The molecule has 0 unspecified atom stereocenters. The number of hydrogen-bond donors (Lipinski definition) is 2. The molecule has 2 rings (SSSR count). The molecule has 0 aliphatic rings. The Kier molecular flexibility index (Phi) is 3.60. The van der Waals surface area contributed by atoms with Crippen LogP contribution in [0.1, 0.15) is 0 Å². The first-order valence-corrected chi connectivity index (χ1v) is 3.14. The van der Waals surface area contributed by atoms with E-state index in [4.69, 9.17) is 0 Å². The molecule has 5 nitrogen and oxygen atoms in total. The van der Waals surface area contributed by atoms with Crippen molar-refractivity contribution >= 4 is 11.0 Å². The molecular weight excluding hydrogens is 181 g/mol. The predicted octanol–water partition coefficient (Wildman–Crippen LogP) is -3.38. The van der Waals surface area contributed by atoms with Crippen molar-refractivity contribution < 1.29 is 51.4 Å². The van der Waals surface area contributed by atoms with Crippen LogP contribution >= 0.6 is 0 Å². The van der Waals surface area contributed by atoms with Crippen LogP contribution in [0.2, 0.25) is 0 Å². The summed E-state index contributed by atoms with van der Waals surface area (Å²) in [7, 11) is 1.68. The van der Waals surface area contributed by atoms with E-state index in [0.29, 0.717) is 5.49 Å². The first kappa shape index (κ1) is 10.1. The van der Waals surface area contributed by atoms with E-state index in [1.165, 1.54) is 0 Å². The Morgan fingerprint density at radius 3 is 3.17 bits per heavy atom. The van der Waals surface area contributed by atoms with Crippen LogP contribution in [-0.4, -0.2) is 27.2 Å². The smallest absolute Gasteiger partial charge is 0.438 e. The molecule has 0 aromatic carbocycles. The zero-order chi connectivity index (χ0) is 7.68. The minimum atomic E-state index is 0. The molecule has 2 N–H and O–H groups in total. The van der Waals surface area contributed by atoms with E-state index in [1.54, 1.807) is 13.2 Å². The van der Waals surface area contributed by atoms with Crippen molar-refractivity contribution in [3.8, 4) is 0 Å². The Morgan fingerprint density at radius 1 is 1.58 bits per heavy atom. The van der Waals surface area contributed by atoms with Gasteiger partial charge in [0.2, 0.25) is 0 Å². The number of rotatable bonds is 0. The summed E-state index contributed by atoms with van der Waals surface area (Å²) in [6.07, 6.45) is 4.28. The van der Waals surface area contributed by atoms with Crippen molar-refractivity contribution in [2.24, 2.45) is 4.99 Å². The van der Waals surface area contributed by atoms with Crippen LogP contribution in [0.15, 0.2) is 11.2 Å². The third kappa shape index (κ3) is 1.67. The second kappa shape index (κ2) is 4.29. The minimum absolute atomic E-state index is 0. The fourth-order valence-corrected chi connectivity index (χ4v) is 0.918. The van der Waals surface area contributed by atoms with Gasteiger partial charge in [-0.1, -0.05) is 0 Å². The SMILES string of the molecule is CN=c1n[c-][nH]c2[nH]ncc12.[K+]. The molecule has 0 aliphatic heterocycles. The molecular formula is C6H6KN5. The first-order valence-electron chi connectivity index (χ1n) is 3.14. The van der Waals surface area contributed by atoms with Crippen molar-refractivity contribution in [2.75, 3.05) is 7.05 Å². The summed E-state index contributed by atoms with van der Waals surface area (Å²) in [5, 5.41) is 7.47. The summed E-state index contributed by atoms with van der Waals surface area (Å²) in [6.45, 7) is 0. The van der Waals surface area contributed by atoms with Gasteiger partial charge in [0.1, 0.15) is 0 Å². The van der Waals surface area contributed by atoms with Crippen LogP contribution in [0.25, 0.3) is 11.0 Å². The Balaban J connectivity index is 0.000000720. The second-order valence-corrected chi connectivity index (χ2v) is 2.05. The fraction of sp³-hybridized carbons (Fsp3) is 0.167. The Morgan fingerprint density at radius 2 is 2.42 bits per heavy atom. The van der Waals surface area contributed by atoms with Crippen LogP contribution in [0.4, 0.5) is 0 Å². The molecule has 2 heterocycles. The van der Waals surface area contributed by atoms with Gasteiger partial charge >= 0.3 is 51.4 Å². The van der Waals surface area contributed by atoms with E-state index in [-0.39, 0.29) is 51.4 Å². The zero-order valence-corrected chi connectivity index (χ0v) is 10.0. The quantitative estimate of drug-likeness (QED) is 0.334. The molecule has 56 valence electrons. The maximum atomic E-state index is 3.95. The number of aromatic nitrogens is 4. The van der Waals surface area contributed by atoms with Gasteiger partial charge in [0.15, 0.2) is 0 Å². The van der Waals surface area contributed by atoms with E-state index in [9.17, 15) is 0 Å². The van der Waals surface area contributed by atoms with Crippen LogP contribution in [-0.2, 0) is 0 Å². The van der Waals surface area contributed by atoms with Gasteiger partial charge < -0.3 is 20.1 Å². The molecule has 2 aromatic rings. The number of aromatic amines is 2. The van der Waals surface area contributed by atoms with Crippen molar-refractivity contribution in [1.82, 2.24) is 20.2 Å². The summed E-state index contributed by atoms with van der Waals surface area (Å²) in [4.78, 5) is 10.6. The summed E-state index contributed by atoms with van der Waals surface area (Å²) < 4.78 is 0. The summed E-state index contributed by atoms with van der Waals surface area (Å²) in [6, 6.07) is 0. The van der Waals surface area contributed by atoms with Gasteiger partial charge in [0, 0.05) is 30.7 Å². The van der Waals surface area contributed by atoms with Gasteiger partial charge in [-0.05, 0) is 5.39 Å². The Bertz CT molecular complexity index is 428. The molecule has 0 fully saturated rings. The first-order chi connectivity index (χ1) is 5.42. The Labute approximate surface area is 111 Å². The monoisotopic (exact) mass is 187 g/mol. The molecule has 2 aromatic heterocycles. The van der Waals surface area contributed by atoms with Gasteiger partial charge in [-0.15, -0.1) is 0 Å². The van der Waals surface area contributed by atoms with Gasteiger partial charge in [-0.3, -0.25) is 0 Å². The fourth-order valence-electron chi connectivity index (χ4n) is 0.918. The summed E-state index contributed by atoms with van der Waals surface area (Å²) in [5.74, 6) is 0. The van der Waals surface area contributed by atoms with Gasteiger partial charge in [0.25, 0.3) is 0 Å². The largest absolute Gasteiger partial charge is 1.00 e. The Hall–Kier alpha value is -0.0136. The van der Waals surface area contributed by atoms with E-state index in [1.807, 2.05) is 0 Å². The molecule has 6 heteroatoms. The number of fused-ring (bicyclic) bond motifs is 1. The van der Waals surface area contributed by atoms with Crippen LogP contribution in [0, 0.1) is 6.33 Å². The van der Waals surface area contributed by atoms with E-state index in [2.05, 4.69) is 31.5 Å². The number of H-pyrrole nitrogens is 2. The number of nitrogens with zero attached hydrogens (tertiary/aromatic N) is 3. The summed E-state index contributed by atoms with van der Waals surface area (Å²) >= 11 is 0. The molecule has 0 saturated carbocycles. The molecule has 0 amide bonds. The van der Waals surface area contributed by atoms with Crippen molar-refractivity contribution in [2.45, 2.75) is 0 Å². The molecule has 0 spiro atoms. The van der Waals surface area contributed by atoms with Gasteiger partial charge in [-0.2, -0.15) is 5.10 Å². The average molecular weight is 187 g/mol. The standard InChI is InChI=1S/C6H6N5.K/c1-7-5-4-2-10-11-6(4)9-3-8-5;/h2H,1H3,(H2,7,8,9,10,11);/q-1;+1. The van der Waals surface area contributed by atoms with E-state index < -0.39 is 0 Å². The molecule has 12 heavy (non-hydrogen) atoms. The molecule has 0 aliphatic carbocycles. The van der Waals surface area contributed by atoms with Gasteiger partial charge in [-0.25, -0.2) is 0 Å². The van der Waals surface area contributed by atoms with Crippen molar-refractivity contribution in [3.63, 3.8) is 0 Å². The van der Waals surface area contributed by atoms with Crippen LogP contribution in [0.3, 0.4) is 0 Å². The predicted molar refractivity (Wildman–Crippen MR) is 38.6 cm³/mol. The minimum Gasteiger partial charge on any atom is -0.438 e. The maximum Gasteiger partial charge on any atom is 1.00 e. The van der Waals surface area contributed by atoms with Gasteiger partial charge in [0.05, 0.1) is 0 Å². The molecule has 0 atom stereocenters. The third-order valence-electron chi connectivity index (χ3n) is 1.43. The van der Waals surface area contributed by atoms with Crippen LogP contribution < -0.4 is 56.9 Å². The van der Waals surface area contributed by atoms with E-state index >= 15 is 0 Å². The van der Waals surface area contributed by atoms with Crippen molar-refractivity contribution in [1.29, 1.82) is 0 Å². The zero-order valence-electron chi connectivity index (χ0n) is 6.92. The second-order valence-electron chi connectivity index (χ2n) is 2.05. The maximum absolute atomic E-state index is 3.95. The van der Waals surface area contributed by atoms with Crippen LogP contribution in [0.5, 0.6) is 0 Å². The van der Waals surface area contributed by atoms with Crippen molar-refractivity contribution in [3.05, 3.63) is 18.0 Å². The molecule has 0 bridgehead atoms. The average Bonchev–Trinajstić information content (AvgIpc) is 2.50. The molecule has 0 saturated heterocycles. The number of hydrogen-bond acceptors (Lipinski definition) is 3. The number of nitrogens with one attached hydrogen (secondary N) is 2.